The van der Waals surface area contributed by atoms with E-state index in [2.05, 4.69) is 9.84 Å². The second-order valence-corrected chi connectivity index (χ2v) is 6.43. The van der Waals surface area contributed by atoms with Gasteiger partial charge in [0, 0.05) is 5.02 Å². The number of carbonyl (C=O) groups is 2. The number of rotatable bonds is 5. The van der Waals surface area contributed by atoms with Gasteiger partial charge in [-0.3, -0.25) is 0 Å². The van der Waals surface area contributed by atoms with Crippen LogP contribution in [0.5, 0.6) is 0 Å². The molecule has 2 amide bonds. The van der Waals surface area contributed by atoms with Crippen LogP contribution in [0.3, 0.4) is 0 Å². The van der Waals surface area contributed by atoms with Crippen LogP contribution < -0.4 is 11.2 Å². The lowest BCUT2D eigenvalue weighted by atomic mass is 10.2. The maximum Gasteiger partial charge on any atom is 0.340 e. The summed E-state index contributed by atoms with van der Waals surface area (Å²) in [5, 5.41) is 4.59. The van der Waals surface area contributed by atoms with Gasteiger partial charge in [0.1, 0.15) is 0 Å². The van der Waals surface area contributed by atoms with Crippen molar-refractivity contribution in [2.45, 2.75) is 11.8 Å². The Labute approximate surface area is 137 Å². The molecular weight excluding hydrogens is 346 g/mol. The zero-order valence-electron chi connectivity index (χ0n) is 12.2. The Balaban J connectivity index is 3.33. The molecule has 0 atom stereocenters. The minimum absolute atomic E-state index is 0.0704. The van der Waals surface area contributed by atoms with E-state index in [1.54, 1.807) is 0 Å². The topological polar surface area (TPSA) is 128 Å². The van der Waals surface area contributed by atoms with Gasteiger partial charge in [0.25, 0.3) is 0 Å². The standard InChI is InChI=1S/C13H14ClN3O5S/c1-8(16-17-13(15)19)11(12(18)22-2)7-23(20,21)10-5-3-9(14)4-6-10/h3-7H,1-2H3,(H3,15,17,19)/b11-7-,16-8+. The van der Waals surface area contributed by atoms with E-state index in [1.807, 2.05) is 5.43 Å². The number of hydrogen-bond acceptors (Lipinski definition) is 6. The Morgan fingerprint density at radius 2 is 1.87 bits per heavy atom. The largest absolute Gasteiger partial charge is 0.465 e. The first-order chi connectivity index (χ1) is 10.7. The van der Waals surface area contributed by atoms with Crippen molar-refractivity contribution in [1.29, 1.82) is 0 Å². The van der Waals surface area contributed by atoms with Crippen molar-refractivity contribution < 1.29 is 22.7 Å². The van der Waals surface area contributed by atoms with E-state index in [0.717, 1.165) is 7.11 Å². The Hall–Kier alpha value is -2.39. The number of urea groups is 1. The Morgan fingerprint density at radius 3 is 2.35 bits per heavy atom. The van der Waals surface area contributed by atoms with Crippen LogP contribution in [0.2, 0.25) is 5.02 Å². The summed E-state index contributed by atoms with van der Waals surface area (Å²) < 4.78 is 29.2. The second kappa shape index (κ2) is 7.75. The molecule has 0 spiro atoms. The van der Waals surface area contributed by atoms with Crippen molar-refractivity contribution in [2.24, 2.45) is 10.8 Å². The minimum Gasteiger partial charge on any atom is -0.465 e. The van der Waals surface area contributed by atoms with Gasteiger partial charge >= 0.3 is 12.0 Å². The Bertz CT molecular complexity index is 769. The quantitative estimate of drug-likeness (QED) is 0.353. The Kier molecular flexibility index (Phi) is 6.28. The summed E-state index contributed by atoms with van der Waals surface area (Å²) in [6.07, 6.45) is 0. The number of amides is 2. The molecule has 3 N–H and O–H groups in total. The zero-order valence-corrected chi connectivity index (χ0v) is 13.8. The van der Waals surface area contributed by atoms with Crippen LogP contribution in [-0.4, -0.2) is 33.2 Å². The SMILES string of the molecule is COC(=O)C(=C\S(=O)(=O)c1ccc(Cl)cc1)/C(C)=N/NC(N)=O. The molecule has 1 aromatic rings. The maximum absolute atomic E-state index is 12.3. The fourth-order valence-electron chi connectivity index (χ4n) is 1.44. The van der Waals surface area contributed by atoms with Crippen molar-refractivity contribution in [1.82, 2.24) is 5.43 Å². The number of hydrogen-bond donors (Lipinski definition) is 2. The summed E-state index contributed by atoms with van der Waals surface area (Å²) in [6, 6.07) is 4.41. The molecule has 0 unspecified atom stereocenters. The molecule has 0 aliphatic carbocycles. The number of halogens is 1. The predicted octanol–water partition coefficient (Wildman–Crippen LogP) is 1.21. The summed E-state index contributed by atoms with van der Waals surface area (Å²) in [6.45, 7) is 1.32. The lowest BCUT2D eigenvalue weighted by Gasteiger charge is -2.06. The molecule has 0 saturated carbocycles. The highest BCUT2D eigenvalue weighted by Gasteiger charge is 2.20. The van der Waals surface area contributed by atoms with Gasteiger partial charge in [-0.2, -0.15) is 5.10 Å². The third kappa shape index (κ3) is 5.38. The second-order valence-electron chi connectivity index (χ2n) is 4.20. The van der Waals surface area contributed by atoms with Crippen molar-refractivity contribution in [3.63, 3.8) is 0 Å². The third-order valence-corrected chi connectivity index (χ3v) is 4.27. The minimum atomic E-state index is -3.96. The van der Waals surface area contributed by atoms with Gasteiger partial charge in [0.2, 0.25) is 9.84 Å². The molecule has 0 heterocycles. The normalized spacial score (nSPS) is 12.7. The molecule has 124 valence electrons. The molecule has 0 bridgehead atoms. The summed E-state index contributed by atoms with van der Waals surface area (Å²) >= 11 is 5.71. The van der Waals surface area contributed by atoms with Gasteiger partial charge in [-0.15, -0.1) is 0 Å². The average Bonchev–Trinajstić information content (AvgIpc) is 2.50. The van der Waals surface area contributed by atoms with E-state index in [9.17, 15) is 18.0 Å². The number of nitrogens with two attached hydrogens (primary N) is 1. The van der Waals surface area contributed by atoms with Crippen LogP contribution >= 0.6 is 11.6 Å². The van der Waals surface area contributed by atoms with Crippen LogP contribution in [0.25, 0.3) is 0 Å². The smallest absolute Gasteiger partial charge is 0.340 e. The van der Waals surface area contributed by atoms with Gasteiger partial charge in [0.05, 0.1) is 28.7 Å². The number of methoxy groups -OCH3 is 1. The van der Waals surface area contributed by atoms with Crippen molar-refractivity contribution in [3.05, 3.63) is 40.3 Å². The molecule has 0 aliphatic heterocycles. The number of primary amides is 1. The van der Waals surface area contributed by atoms with Crippen molar-refractivity contribution >= 4 is 39.2 Å². The van der Waals surface area contributed by atoms with Crippen LogP contribution in [0, 0.1) is 0 Å². The molecule has 0 aromatic heterocycles. The number of esters is 1. The molecule has 8 nitrogen and oxygen atoms in total. The first-order valence-corrected chi connectivity index (χ1v) is 8.00. The Morgan fingerprint density at radius 1 is 1.30 bits per heavy atom. The lowest BCUT2D eigenvalue weighted by Crippen LogP contribution is -2.26. The van der Waals surface area contributed by atoms with E-state index >= 15 is 0 Å². The summed E-state index contributed by atoms with van der Waals surface area (Å²) in [4.78, 5) is 22.3. The molecule has 0 radical (unpaired) electrons. The number of ether oxygens (including phenoxy) is 1. The van der Waals surface area contributed by atoms with Crippen LogP contribution in [0.1, 0.15) is 6.92 Å². The molecule has 0 fully saturated rings. The van der Waals surface area contributed by atoms with Crippen LogP contribution in [-0.2, 0) is 19.4 Å². The van der Waals surface area contributed by atoms with Gasteiger partial charge < -0.3 is 10.5 Å². The molecule has 0 saturated heterocycles. The van der Waals surface area contributed by atoms with Crippen LogP contribution in [0.15, 0.2) is 45.2 Å². The van der Waals surface area contributed by atoms with Crippen LogP contribution in [0.4, 0.5) is 4.79 Å². The van der Waals surface area contributed by atoms with E-state index in [0.29, 0.717) is 10.4 Å². The average molecular weight is 360 g/mol. The van der Waals surface area contributed by atoms with Crippen molar-refractivity contribution in [3.8, 4) is 0 Å². The summed E-state index contributed by atoms with van der Waals surface area (Å²) in [5.41, 5.74) is 6.32. The number of nitrogens with zero attached hydrogens (tertiary/aromatic N) is 1. The first-order valence-electron chi connectivity index (χ1n) is 6.08. The van der Waals surface area contributed by atoms with E-state index in [-0.39, 0.29) is 16.2 Å². The molecular formula is C13H14ClN3O5S. The molecule has 0 aliphatic rings. The highest BCUT2D eigenvalue weighted by Crippen LogP contribution is 2.18. The van der Waals surface area contributed by atoms with Crippen molar-refractivity contribution in [2.75, 3.05) is 7.11 Å². The van der Waals surface area contributed by atoms with Gasteiger partial charge in [0.15, 0.2) is 0 Å². The monoisotopic (exact) mass is 359 g/mol. The van der Waals surface area contributed by atoms with Gasteiger partial charge in [-0.05, 0) is 31.2 Å². The molecule has 1 rings (SSSR count). The first kappa shape index (κ1) is 18.7. The van der Waals surface area contributed by atoms with Gasteiger partial charge in [-0.1, -0.05) is 11.6 Å². The lowest BCUT2D eigenvalue weighted by molar-refractivity contribution is -0.135. The van der Waals surface area contributed by atoms with E-state index in [4.69, 9.17) is 17.3 Å². The molecule has 10 heteroatoms. The number of carbonyl (C=O) groups excluding carboxylic acids is 2. The van der Waals surface area contributed by atoms with E-state index in [1.165, 1.54) is 31.2 Å². The number of hydrazone groups is 1. The fourth-order valence-corrected chi connectivity index (χ4v) is 2.79. The molecule has 1 aromatic carbocycles. The fraction of sp³-hybridized carbons (Fsp3) is 0.154. The highest BCUT2D eigenvalue weighted by molar-refractivity contribution is 7.94. The maximum atomic E-state index is 12.3. The predicted molar refractivity (Wildman–Crippen MR) is 84.6 cm³/mol. The third-order valence-electron chi connectivity index (χ3n) is 2.54. The number of benzene rings is 1. The van der Waals surface area contributed by atoms with E-state index < -0.39 is 21.8 Å². The zero-order chi connectivity index (χ0) is 17.6. The van der Waals surface area contributed by atoms with Gasteiger partial charge in [-0.25, -0.2) is 23.4 Å². The number of sulfone groups is 1. The summed E-state index contributed by atoms with van der Waals surface area (Å²) in [7, 11) is -2.88. The molecule has 23 heavy (non-hydrogen) atoms. The highest BCUT2D eigenvalue weighted by atomic mass is 35.5. The number of nitrogens with one attached hydrogen (secondary N) is 1. The summed E-state index contributed by atoms with van der Waals surface area (Å²) in [5.74, 6) is -0.935.